The van der Waals surface area contributed by atoms with E-state index in [1.165, 1.54) is 12.1 Å². The molecule has 2 aromatic rings. The molecule has 2 heterocycles. The van der Waals surface area contributed by atoms with Crippen LogP contribution in [0.25, 0.3) is 0 Å². The van der Waals surface area contributed by atoms with Crippen LogP contribution >= 0.6 is 0 Å². The molecule has 0 bridgehead atoms. The van der Waals surface area contributed by atoms with Crippen LogP contribution in [0.1, 0.15) is 5.56 Å². The molecule has 1 aliphatic heterocycles. The number of nitro benzene ring substituents is 1. The quantitative estimate of drug-likeness (QED) is 0.639. The minimum atomic E-state index is -0.463. The van der Waals surface area contributed by atoms with E-state index in [0.29, 0.717) is 24.7 Å². The highest BCUT2D eigenvalue weighted by Crippen LogP contribution is 2.29. The lowest BCUT2D eigenvalue weighted by molar-refractivity contribution is -0.384. The molecule has 1 amide bonds. The van der Waals surface area contributed by atoms with Crippen molar-refractivity contribution in [3.8, 4) is 5.88 Å². The van der Waals surface area contributed by atoms with E-state index in [-0.39, 0.29) is 18.0 Å². The molecule has 7 heteroatoms. The van der Waals surface area contributed by atoms with Crippen molar-refractivity contribution in [3.63, 3.8) is 0 Å². The van der Waals surface area contributed by atoms with Crippen LogP contribution in [0.3, 0.4) is 0 Å². The van der Waals surface area contributed by atoms with E-state index >= 15 is 0 Å². The molecule has 3 rings (SSSR count). The van der Waals surface area contributed by atoms with Gasteiger partial charge in [0.15, 0.2) is 0 Å². The summed E-state index contributed by atoms with van der Waals surface area (Å²) in [5, 5.41) is 10.6. The van der Waals surface area contributed by atoms with Gasteiger partial charge in [0.25, 0.3) is 5.69 Å². The van der Waals surface area contributed by atoms with Gasteiger partial charge < -0.3 is 9.64 Å². The maximum absolute atomic E-state index is 12.5. The molecule has 1 aromatic heterocycles. The van der Waals surface area contributed by atoms with Crippen LogP contribution in [0.5, 0.6) is 5.88 Å². The number of carbonyl (C=O) groups excluding carboxylic acids is 1. The number of nitrogens with zero attached hydrogens (tertiary/aromatic N) is 3. The van der Waals surface area contributed by atoms with E-state index in [4.69, 9.17) is 4.74 Å². The molecule has 0 spiro atoms. The number of hydrogen-bond acceptors (Lipinski definition) is 5. The Morgan fingerprint density at radius 1 is 1.32 bits per heavy atom. The van der Waals surface area contributed by atoms with Crippen molar-refractivity contribution in [2.24, 2.45) is 0 Å². The number of anilines is 1. The van der Waals surface area contributed by atoms with Gasteiger partial charge >= 0.3 is 0 Å². The SMILES string of the molecule is O=C(Cc1ccc([N+](=O)[O-])cc1)N1CCOc2ncccc21. The van der Waals surface area contributed by atoms with Crippen LogP contribution in [-0.4, -0.2) is 29.0 Å². The lowest BCUT2D eigenvalue weighted by Gasteiger charge is -2.28. The van der Waals surface area contributed by atoms with E-state index in [9.17, 15) is 14.9 Å². The van der Waals surface area contributed by atoms with E-state index in [1.54, 1.807) is 35.4 Å². The fourth-order valence-electron chi connectivity index (χ4n) is 2.32. The first-order valence-corrected chi connectivity index (χ1v) is 6.76. The third-order valence-corrected chi connectivity index (χ3v) is 3.40. The summed E-state index contributed by atoms with van der Waals surface area (Å²) in [6, 6.07) is 9.53. The topological polar surface area (TPSA) is 85.6 Å². The molecule has 0 radical (unpaired) electrons. The Morgan fingerprint density at radius 2 is 2.09 bits per heavy atom. The molecular formula is C15H13N3O4. The van der Waals surface area contributed by atoms with Gasteiger partial charge in [-0.05, 0) is 17.7 Å². The Kier molecular flexibility index (Phi) is 3.69. The van der Waals surface area contributed by atoms with Gasteiger partial charge in [-0.1, -0.05) is 12.1 Å². The van der Waals surface area contributed by atoms with Crippen molar-refractivity contribution in [3.05, 3.63) is 58.3 Å². The fraction of sp³-hybridized carbons (Fsp3) is 0.200. The average Bonchev–Trinajstić information content (AvgIpc) is 2.54. The van der Waals surface area contributed by atoms with Gasteiger partial charge in [-0.25, -0.2) is 4.98 Å². The number of fused-ring (bicyclic) bond motifs is 1. The Hall–Kier alpha value is -2.96. The van der Waals surface area contributed by atoms with E-state index < -0.39 is 4.92 Å². The standard InChI is InChI=1S/C15H13N3O4/c19-14(10-11-3-5-12(6-4-11)18(20)21)17-8-9-22-15-13(17)2-1-7-16-15/h1-7H,8-10H2. The summed E-state index contributed by atoms with van der Waals surface area (Å²) in [4.78, 5) is 28.4. The predicted octanol–water partition coefficient (Wildman–Crippen LogP) is 1.96. The third-order valence-electron chi connectivity index (χ3n) is 3.40. The highest BCUT2D eigenvalue weighted by atomic mass is 16.6. The molecule has 0 aliphatic carbocycles. The second-order valence-corrected chi connectivity index (χ2v) is 4.82. The number of hydrogen-bond donors (Lipinski definition) is 0. The predicted molar refractivity (Wildman–Crippen MR) is 78.9 cm³/mol. The molecule has 0 saturated carbocycles. The molecule has 7 nitrogen and oxygen atoms in total. The zero-order valence-electron chi connectivity index (χ0n) is 11.6. The van der Waals surface area contributed by atoms with E-state index in [2.05, 4.69) is 4.98 Å². The van der Waals surface area contributed by atoms with Crippen molar-refractivity contribution in [2.45, 2.75) is 6.42 Å². The third kappa shape index (κ3) is 2.73. The summed E-state index contributed by atoms with van der Waals surface area (Å²) in [5.74, 6) is 0.359. The summed E-state index contributed by atoms with van der Waals surface area (Å²) in [7, 11) is 0. The number of non-ortho nitro benzene ring substituents is 1. The van der Waals surface area contributed by atoms with Crippen LogP contribution in [0.2, 0.25) is 0 Å². The van der Waals surface area contributed by atoms with Crippen LogP contribution in [-0.2, 0) is 11.2 Å². The van der Waals surface area contributed by atoms with Gasteiger partial charge in [-0.15, -0.1) is 0 Å². The second-order valence-electron chi connectivity index (χ2n) is 4.82. The monoisotopic (exact) mass is 299 g/mol. The van der Waals surface area contributed by atoms with Crippen molar-refractivity contribution >= 4 is 17.3 Å². The maximum atomic E-state index is 12.5. The van der Waals surface area contributed by atoms with Gasteiger partial charge in [0.05, 0.1) is 17.9 Å². The van der Waals surface area contributed by atoms with Gasteiger partial charge in [0.1, 0.15) is 12.3 Å². The summed E-state index contributed by atoms with van der Waals surface area (Å²) in [5.41, 5.74) is 1.39. The van der Waals surface area contributed by atoms with Gasteiger partial charge in [0, 0.05) is 18.3 Å². The molecule has 22 heavy (non-hydrogen) atoms. The Morgan fingerprint density at radius 3 is 2.82 bits per heavy atom. The zero-order chi connectivity index (χ0) is 15.5. The first kappa shape index (κ1) is 14.0. The average molecular weight is 299 g/mol. The lowest BCUT2D eigenvalue weighted by Crippen LogP contribution is -2.39. The molecule has 1 aliphatic rings. The molecule has 0 fully saturated rings. The van der Waals surface area contributed by atoms with Crippen LogP contribution in [0.4, 0.5) is 11.4 Å². The minimum absolute atomic E-state index is 0.0112. The number of aromatic nitrogens is 1. The highest BCUT2D eigenvalue weighted by Gasteiger charge is 2.24. The Balaban J connectivity index is 1.76. The van der Waals surface area contributed by atoms with Crippen molar-refractivity contribution in [1.82, 2.24) is 4.98 Å². The van der Waals surface area contributed by atoms with Crippen molar-refractivity contribution in [2.75, 3.05) is 18.1 Å². The largest absolute Gasteiger partial charge is 0.474 e. The number of ether oxygens (including phenoxy) is 1. The zero-order valence-corrected chi connectivity index (χ0v) is 11.6. The smallest absolute Gasteiger partial charge is 0.269 e. The van der Waals surface area contributed by atoms with Crippen molar-refractivity contribution < 1.29 is 14.5 Å². The summed E-state index contributed by atoms with van der Waals surface area (Å²) in [6.07, 6.45) is 1.79. The van der Waals surface area contributed by atoms with E-state index in [0.717, 1.165) is 5.56 Å². The first-order chi connectivity index (χ1) is 10.6. The number of benzene rings is 1. The molecule has 112 valence electrons. The lowest BCUT2D eigenvalue weighted by atomic mass is 10.1. The number of nitro groups is 1. The summed E-state index contributed by atoms with van der Waals surface area (Å²) in [6.45, 7) is 0.862. The van der Waals surface area contributed by atoms with Crippen LogP contribution in [0.15, 0.2) is 42.6 Å². The fourth-order valence-corrected chi connectivity index (χ4v) is 2.32. The Labute approximate surface area is 126 Å². The normalized spacial score (nSPS) is 13.2. The molecule has 1 aromatic carbocycles. The number of carbonyl (C=O) groups is 1. The van der Waals surface area contributed by atoms with Crippen LogP contribution < -0.4 is 9.64 Å². The van der Waals surface area contributed by atoms with Gasteiger partial charge in [-0.3, -0.25) is 14.9 Å². The highest BCUT2D eigenvalue weighted by molar-refractivity contribution is 5.96. The number of pyridine rings is 1. The maximum Gasteiger partial charge on any atom is 0.269 e. The second kappa shape index (κ2) is 5.80. The molecular weight excluding hydrogens is 286 g/mol. The molecule has 0 saturated heterocycles. The molecule has 0 unspecified atom stereocenters. The summed E-state index contributed by atoms with van der Waals surface area (Å²) >= 11 is 0. The number of amides is 1. The van der Waals surface area contributed by atoms with Crippen LogP contribution in [0, 0.1) is 10.1 Å². The van der Waals surface area contributed by atoms with Crippen molar-refractivity contribution in [1.29, 1.82) is 0 Å². The molecule has 0 atom stereocenters. The Bertz CT molecular complexity index is 715. The first-order valence-electron chi connectivity index (χ1n) is 6.76. The molecule has 0 N–H and O–H groups in total. The van der Waals surface area contributed by atoms with Gasteiger partial charge in [0.2, 0.25) is 11.8 Å². The summed E-state index contributed by atoms with van der Waals surface area (Å²) < 4.78 is 5.42. The minimum Gasteiger partial charge on any atom is -0.474 e. The number of rotatable bonds is 3. The van der Waals surface area contributed by atoms with Gasteiger partial charge in [-0.2, -0.15) is 0 Å². The van der Waals surface area contributed by atoms with E-state index in [1.807, 2.05) is 0 Å².